The molecule has 1 aromatic heterocycles. The molecule has 0 saturated carbocycles. The van der Waals surface area contributed by atoms with Crippen LogP contribution in [0.4, 0.5) is 0 Å². The molecule has 0 fully saturated rings. The molecule has 2 heterocycles. The number of aromatic hydroxyl groups is 1. The van der Waals surface area contributed by atoms with Gasteiger partial charge in [-0.2, -0.15) is 0 Å². The van der Waals surface area contributed by atoms with Crippen molar-refractivity contribution >= 4 is 11.0 Å². The van der Waals surface area contributed by atoms with Gasteiger partial charge in [0.25, 0.3) is 0 Å². The van der Waals surface area contributed by atoms with Crippen molar-refractivity contribution in [2.75, 3.05) is 20.8 Å². The molecule has 0 atom stereocenters. The highest BCUT2D eigenvalue weighted by molar-refractivity contribution is 5.86. The second-order valence-corrected chi connectivity index (χ2v) is 7.78. The van der Waals surface area contributed by atoms with E-state index in [4.69, 9.17) is 13.9 Å². The fraction of sp³-hybridized carbons (Fsp3) is 0.375. The highest BCUT2D eigenvalue weighted by Gasteiger charge is 2.23. The van der Waals surface area contributed by atoms with Gasteiger partial charge in [0.2, 0.25) is 0 Å². The molecule has 6 heteroatoms. The molecule has 0 radical (unpaired) electrons. The van der Waals surface area contributed by atoms with E-state index >= 15 is 0 Å². The highest BCUT2D eigenvalue weighted by atomic mass is 16.5. The molecule has 0 bridgehead atoms. The van der Waals surface area contributed by atoms with E-state index in [0.717, 1.165) is 35.2 Å². The molecular formula is C24H27NO5. The Morgan fingerprint density at radius 2 is 1.80 bits per heavy atom. The number of phenols is 1. The topological polar surface area (TPSA) is 72.1 Å². The summed E-state index contributed by atoms with van der Waals surface area (Å²) in [4.78, 5) is 14.3. The summed E-state index contributed by atoms with van der Waals surface area (Å²) in [6.07, 6.45) is 1.57. The number of methoxy groups -OCH3 is 2. The average Bonchev–Trinajstić information content (AvgIpc) is 2.74. The molecule has 1 aliphatic heterocycles. The molecule has 2 aromatic carbocycles. The van der Waals surface area contributed by atoms with Gasteiger partial charge in [-0.1, -0.05) is 6.92 Å². The zero-order chi connectivity index (χ0) is 21.4. The predicted octanol–water partition coefficient (Wildman–Crippen LogP) is 3.94. The summed E-state index contributed by atoms with van der Waals surface area (Å²) < 4.78 is 16.4. The van der Waals surface area contributed by atoms with Gasteiger partial charge in [0, 0.05) is 31.1 Å². The number of fused-ring (bicyclic) bond motifs is 2. The molecular weight excluding hydrogens is 382 g/mol. The maximum atomic E-state index is 12.0. The number of nitrogens with zero attached hydrogens (tertiary/aromatic N) is 1. The van der Waals surface area contributed by atoms with Crippen LogP contribution in [0.3, 0.4) is 0 Å². The van der Waals surface area contributed by atoms with E-state index in [9.17, 15) is 9.90 Å². The number of ether oxygens (including phenoxy) is 2. The Labute approximate surface area is 175 Å². The predicted molar refractivity (Wildman–Crippen MR) is 116 cm³/mol. The van der Waals surface area contributed by atoms with Crippen LogP contribution in [0.2, 0.25) is 0 Å². The SMILES string of the molecule is CCc1cc2c(C)cc(=O)oc2c(CN2CCc3cc(OC)c(OC)cc3C2)c1O. The van der Waals surface area contributed by atoms with Gasteiger partial charge in [0.15, 0.2) is 11.5 Å². The van der Waals surface area contributed by atoms with Crippen LogP contribution in [0.1, 0.15) is 34.7 Å². The summed E-state index contributed by atoms with van der Waals surface area (Å²) in [6.45, 7) is 5.95. The summed E-state index contributed by atoms with van der Waals surface area (Å²) in [5.41, 5.74) is 4.89. The number of benzene rings is 2. The Kier molecular flexibility index (Phi) is 5.43. The molecule has 1 aliphatic rings. The maximum Gasteiger partial charge on any atom is 0.336 e. The van der Waals surface area contributed by atoms with Gasteiger partial charge in [0.1, 0.15) is 11.3 Å². The lowest BCUT2D eigenvalue weighted by molar-refractivity contribution is 0.240. The zero-order valence-corrected chi connectivity index (χ0v) is 17.9. The minimum absolute atomic E-state index is 0.219. The smallest absolute Gasteiger partial charge is 0.336 e. The fourth-order valence-electron chi connectivity index (χ4n) is 4.28. The molecule has 1 N–H and O–H groups in total. The van der Waals surface area contributed by atoms with Gasteiger partial charge in [0.05, 0.1) is 19.8 Å². The van der Waals surface area contributed by atoms with Crippen molar-refractivity contribution in [3.05, 3.63) is 62.5 Å². The van der Waals surface area contributed by atoms with Gasteiger partial charge in [-0.3, -0.25) is 4.90 Å². The minimum atomic E-state index is -0.397. The van der Waals surface area contributed by atoms with Crippen molar-refractivity contribution in [3.8, 4) is 17.2 Å². The third-order valence-electron chi connectivity index (χ3n) is 5.95. The summed E-state index contributed by atoms with van der Waals surface area (Å²) >= 11 is 0. The summed E-state index contributed by atoms with van der Waals surface area (Å²) in [5.74, 6) is 1.67. The summed E-state index contributed by atoms with van der Waals surface area (Å²) in [6, 6.07) is 7.48. The molecule has 4 rings (SSSR count). The number of rotatable bonds is 5. The van der Waals surface area contributed by atoms with Crippen molar-refractivity contribution in [1.82, 2.24) is 4.90 Å². The normalized spacial score (nSPS) is 14.0. The first-order valence-electron chi connectivity index (χ1n) is 10.2. The summed E-state index contributed by atoms with van der Waals surface area (Å²) in [7, 11) is 3.28. The van der Waals surface area contributed by atoms with E-state index < -0.39 is 5.63 Å². The van der Waals surface area contributed by atoms with Crippen LogP contribution in [-0.4, -0.2) is 30.8 Å². The van der Waals surface area contributed by atoms with Crippen molar-refractivity contribution in [2.24, 2.45) is 0 Å². The van der Waals surface area contributed by atoms with E-state index in [-0.39, 0.29) is 5.75 Å². The van der Waals surface area contributed by atoms with Crippen molar-refractivity contribution in [2.45, 2.75) is 39.8 Å². The van der Waals surface area contributed by atoms with Crippen LogP contribution in [0.15, 0.2) is 33.5 Å². The van der Waals surface area contributed by atoms with Crippen molar-refractivity contribution in [3.63, 3.8) is 0 Å². The molecule has 0 amide bonds. The molecule has 0 saturated heterocycles. The third kappa shape index (κ3) is 3.52. The first-order chi connectivity index (χ1) is 14.4. The lowest BCUT2D eigenvalue weighted by Gasteiger charge is -2.30. The third-order valence-corrected chi connectivity index (χ3v) is 5.95. The molecule has 158 valence electrons. The summed E-state index contributed by atoms with van der Waals surface area (Å²) in [5, 5.41) is 11.8. The Morgan fingerprint density at radius 1 is 1.10 bits per heavy atom. The molecule has 30 heavy (non-hydrogen) atoms. The van der Waals surface area contributed by atoms with Gasteiger partial charge >= 0.3 is 5.63 Å². The Balaban J connectivity index is 1.73. The molecule has 0 unspecified atom stereocenters. The van der Waals surface area contributed by atoms with Crippen LogP contribution in [0, 0.1) is 6.92 Å². The largest absolute Gasteiger partial charge is 0.507 e. The first-order valence-corrected chi connectivity index (χ1v) is 10.2. The van der Waals surface area contributed by atoms with Crippen LogP contribution in [0.5, 0.6) is 17.2 Å². The van der Waals surface area contributed by atoms with Gasteiger partial charge in [-0.15, -0.1) is 0 Å². The van der Waals surface area contributed by atoms with Gasteiger partial charge in [-0.25, -0.2) is 4.79 Å². The Morgan fingerprint density at radius 3 is 2.47 bits per heavy atom. The Hall–Kier alpha value is -2.99. The van der Waals surface area contributed by atoms with Crippen molar-refractivity contribution in [1.29, 1.82) is 0 Å². The second kappa shape index (κ2) is 8.03. The minimum Gasteiger partial charge on any atom is -0.507 e. The lowest BCUT2D eigenvalue weighted by atomic mass is 9.96. The first kappa shape index (κ1) is 20.3. The Bertz CT molecular complexity index is 1160. The molecule has 6 nitrogen and oxygen atoms in total. The molecule has 0 spiro atoms. The lowest BCUT2D eigenvalue weighted by Crippen LogP contribution is -2.30. The number of hydrogen-bond acceptors (Lipinski definition) is 6. The van der Waals surface area contributed by atoms with E-state index in [0.29, 0.717) is 36.4 Å². The van der Waals surface area contributed by atoms with E-state index in [1.54, 1.807) is 14.2 Å². The number of phenolic OH excluding ortho intramolecular Hbond substituents is 1. The van der Waals surface area contributed by atoms with Crippen LogP contribution >= 0.6 is 0 Å². The quantitative estimate of drug-likeness (QED) is 0.644. The number of hydrogen-bond donors (Lipinski definition) is 1. The van der Waals surface area contributed by atoms with Crippen LogP contribution < -0.4 is 15.1 Å². The monoisotopic (exact) mass is 409 g/mol. The number of aryl methyl sites for hydroxylation is 2. The fourth-order valence-corrected chi connectivity index (χ4v) is 4.28. The van der Waals surface area contributed by atoms with E-state index in [1.165, 1.54) is 17.2 Å². The molecule has 0 aliphatic carbocycles. The average molecular weight is 409 g/mol. The van der Waals surface area contributed by atoms with Crippen LogP contribution in [-0.2, 0) is 25.9 Å². The maximum absolute atomic E-state index is 12.0. The van der Waals surface area contributed by atoms with Gasteiger partial charge in [-0.05, 0) is 60.2 Å². The highest BCUT2D eigenvalue weighted by Crippen LogP contribution is 2.36. The van der Waals surface area contributed by atoms with E-state index in [1.807, 2.05) is 32.0 Å². The standard InChI is InChI=1S/C24H27NO5/c1-5-15-9-18-14(2)8-22(26)30-24(18)19(23(15)27)13-25-7-6-16-10-20(28-3)21(29-4)11-17(16)12-25/h8-11,27H,5-7,12-13H2,1-4H3. The van der Waals surface area contributed by atoms with Gasteiger partial charge < -0.3 is 19.0 Å². The van der Waals surface area contributed by atoms with Crippen molar-refractivity contribution < 1.29 is 19.0 Å². The zero-order valence-electron chi connectivity index (χ0n) is 17.9. The molecule has 3 aromatic rings. The second-order valence-electron chi connectivity index (χ2n) is 7.78. The van der Waals surface area contributed by atoms with Crippen LogP contribution in [0.25, 0.3) is 11.0 Å². The van der Waals surface area contributed by atoms with E-state index in [2.05, 4.69) is 4.90 Å².